The van der Waals surface area contributed by atoms with Crippen LogP contribution in [0.1, 0.15) is 53.4 Å². The molecule has 3 atom stereocenters. The van der Waals surface area contributed by atoms with Crippen molar-refractivity contribution < 1.29 is 14.4 Å². The summed E-state index contributed by atoms with van der Waals surface area (Å²) in [5.74, 6) is -0.0679. The number of aryl methyl sites for hydroxylation is 2. The minimum atomic E-state index is -0.584. The molecule has 0 radical (unpaired) electrons. The molecule has 3 heterocycles. The summed E-state index contributed by atoms with van der Waals surface area (Å²) in [5, 5.41) is 8.17. The van der Waals surface area contributed by atoms with Crippen LogP contribution >= 0.6 is 15.9 Å². The number of benzene rings is 1. The van der Waals surface area contributed by atoms with Crippen LogP contribution in [0.4, 0.5) is 5.82 Å². The van der Waals surface area contributed by atoms with Gasteiger partial charge in [0.25, 0.3) is 0 Å². The molecule has 1 aliphatic carbocycles. The van der Waals surface area contributed by atoms with E-state index in [1.165, 1.54) is 13.1 Å². The van der Waals surface area contributed by atoms with Crippen molar-refractivity contribution in [1.29, 1.82) is 0 Å². The van der Waals surface area contributed by atoms with E-state index in [0.717, 1.165) is 36.0 Å². The molecular weight excluding hydrogens is 574 g/mol. The van der Waals surface area contributed by atoms with Gasteiger partial charge in [-0.2, -0.15) is 5.10 Å². The number of piperidine rings is 1. The van der Waals surface area contributed by atoms with Gasteiger partial charge in [0, 0.05) is 43.4 Å². The molecule has 5 rings (SSSR count). The van der Waals surface area contributed by atoms with Crippen LogP contribution in [0.25, 0.3) is 16.5 Å². The predicted octanol–water partition coefficient (Wildman–Crippen LogP) is 4.03. The van der Waals surface area contributed by atoms with Crippen molar-refractivity contribution in [2.45, 2.75) is 58.7 Å². The van der Waals surface area contributed by atoms with Gasteiger partial charge in [-0.3, -0.25) is 24.1 Å². The summed E-state index contributed by atoms with van der Waals surface area (Å²) in [6.07, 6.45) is 5.68. The lowest BCUT2D eigenvalue weighted by Gasteiger charge is -2.34. The van der Waals surface area contributed by atoms with Crippen molar-refractivity contribution >= 4 is 62.0 Å². The van der Waals surface area contributed by atoms with Gasteiger partial charge in [0.05, 0.1) is 5.52 Å². The zero-order valence-corrected chi connectivity index (χ0v) is 24.5. The molecule has 11 heteroatoms. The molecule has 2 amide bonds. The number of carbonyl (C=O) groups excluding carboxylic acids is 3. The second kappa shape index (κ2) is 11.0. The third-order valence-corrected chi connectivity index (χ3v) is 8.32. The van der Waals surface area contributed by atoms with E-state index in [1.807, 2.05) is 38.1 Å². The Kier molecular flexibility index (Phi) is 7.59. The Morgan fingerprint density at radius 3 is 2.67 bits per heavy atom. The summed E-state index contributed by atoms with van der Waals surface area (Å²) in [7, 11) is 1.66. The molecule has 0 spiro atoms. The number of allylic oxidation sites excluding steroid dienone is 1. The van der Waals surface area contributed by atoms with E-state index < -0.39 is 6.04 Å². The molecule has 2 fully saturated rings. The number of amides is 2. The second-order valence-electron chi connectivity index (χ2n) is 10.5. The molecule has 40 heavy (non-hydrogen) atoms. The first-order valence-corrected chi connectivity index (χ1v) is 14.0. The number of carbonyl (C=O) groups is 3. The van der Waals surface area contributed by atoms with Gasteiger partial charge in [-0.05, 0) is 89.8 Å². The van der Waals surface area contributed by atoms with Gasteiger partial charge in [0.15, 0.2) is 5.78 Å². The fourth-order valence-corrected chi connectivity index (χ4v) is 6.45. The normalized spacial score (nSPS) is 20.6. The van der Waals surface area contributed by atoms with Crippen LogP contribution in [-0.2, 0) is 16.1 Å². The van der Waals surface area contributed by atoms with Gasteiger partial charge in [-0.15, -0.1) is 0 Å². The monoisotopic (exact) mass is 605 g/mol. The van der Waals surface area contributed by atoms with Gasteiger partial charge < -0.3 is 16.0 Å². The van der Waals surface area contributed by atoms with Crippen molar-refractivity contribution in [3.8, 4) is 0 Å². The number of halogens is 1. The molecule has 2 bridgehead atoms. The number of pyridine rings is 1. The quantitative estimate of drug-likeness (QED) is 0.237. The summed E-state index contributed by atoms with van der Waals surface area (Å²) in [5.41, 5.74) is 10.0. The standard InChI is InChI=1S/C29H32BrN7O3/c1-15-5-8-23(30)33-28(15)34-29(40)27-18-6-7-21(10-18)37(27)24(39)14-36-26-16(2)9-19(20(12-31)13-32-4)11-22(26)25(35-36)17(3)38/h5,8-9,11-13,18,21,27H,6-7,10,14,31H2,1-4H3,(H,33,34,40)/t18?,21?,27-/m0/s1. The van der Waals surface area contributed by atoms with Gasteiger partial charge >= 0.3 is 0 Å². The fourth-order valence-electron chi connectivity index (χ4n) is 6.14. The Labute approximate surface area is 240 Å². The smallest absolute Gasteiger partial charge is 0.248 e. The molecule has 1 aromatic carbocycles. The fraction of sp³-hybridized carbons (Fsp3) is 0.379. The number of hydrogen-bond acceptors (Lipinski definition) is 7. The van der Waals surface area contributed by atoms with E-state index in [1.54, 1.807) is 22.8 Å². The molecule has 3 N–H and O–H groups in total. The maximum absolute atomic E-state index is 13.9. The maximum Gasteiger partial charge on any atom is 0.248 e. The number of anilines is 1. The average molecular weight is 607 g/mol. The Morgan fingerprint density at radius 2 is 1.98 bits per heavy atom. The number of hydrogen-bond donors (Lipinski definition) is 2. The number of nitrogens with zero attached hydrogens (tertiary/aromatic N) is 5. The van der Waals surface area contributed by atoms with Crippen molar-refractivity contribution in [3.63, 3.8) is 0 Å². The lowest BCUT2D eigenvalue weighted by Crippen LogP contribution is -2.52. The molecule has 1 saturated heterocycles. The molecule has 2 aliphatic rings. The maximum atomic E-state index is 13.9. The predicted molar refractivity (Wildman–Crippen MR) is 158 cm³/mol. The number of Topliss-reactive ketones (excluding diaryl/α,β-unsaturated/α-hetero) is 1. The van der Waals surface area contributed by atoms with Crippen LogP contribution in [0, 0.1) is 19.8 Å². The van der Waals surface area contributed by atoms with Crippen LogP contribution in [0.5, 0.6) is 0 Å². The third kappa shape index (κ3) is 4.94. The molecule has 2 unspecified atom stereocenters. The first-order valence-electron chi connectivity index (χ1n) is 13.2. The van der Waals surface area contributed by atoms with Gasteiger partial charge in [-0.25, -0.2) is 4.98 Å². The van der Waals surface area contributed by atoms with Crippen LogP contribution < -0.4 is 11.1 Å². The molecule has 1 aliphatic heterocycles. The molecule has 10 nitrogen and oxygen atoms in total. The minimum absolute atomic E-state index is 0.00259. The van der Waals surface area contributed by atoms with Crippen molar-refractivity contribution in [3.05, 3.63) is 57.5 Å². The number of likely N-dealkylation sites (tertiary alicyclic amines) is 1. The first-order chi connectivity index (χ1) is 19.1. The van der Waals surface area contributed by atoms with E-state index in [4.69, 9.17) is 5.73 Å². The molecule has 3 aromatic rings. The third-order valence-electron chi connectivity index (χ3n) is 7.88. The number of fused-ring (bicyclic) bond motifs is 3. The van der Waals surface area contributed by atoms with E-state index in [9.17, 15) is 14.4 Å². The van der Waals surface area contributed by atoms with Gasteiger partial charge in [0.2, 0.25) is 11.8 Å². The topological polar surface area (TPSA) is 136 Å². The zero-order valence-electron chi connectivity index (χ0n) is 22.9. The Balaban J connectivity index is 1.47. The van der Waals surface area contributed by atoms with Crippen LogP contribution in [0.15, 0.2) is 40.1 Å². The second-order valence-corrected chi connectivity index (χ2v) is 11.3. The largest absolute Gasteiger partial charge is 0.404 e. The number of ketones is 1. The molecule has 208 valence electrons. The number of rotatable bonds is 7. The molecule has 1 saturated carbocycles. The van der Waals surface area contributed by atoms with Crippen LogP contribution in [-0.4, -0.2) is 62.6 Å². The molecular formula is C29H32BrN7O3. The average Bonchev–Trinajstić information content (AvgIpc) is 3.63. The highest BCUT2D eigenvalue weighted by atomic mass is 79.9. The first kappa shape index (κ1) is 27.7. The van der Waals surface area contributed by atoms with Gasteiger partial charge in [-0.1, -0.05) is 6.07 Å². The number of nitrogens with one attached hydrogen (secondary N) is 1. The molecule has 2 aromatic heterocycles. The van der Waals surface area contributed by atoms with Crippen LogP contribution in [0.3, 0.4) is 0 Å². The Morgan fingerprint density at radius 1 is 1.20 bits per heavy atom. The number of nitrogens with two attached hydrogens (primary N) is 1. The summed E-state index contributed by atoms with van der Waals surface area (Å²) >= 11 is 3.36. The summed E-state index contributed by atoms with van der Waals surface area (Å²) in [6, 6.07) is 6.90. The highest BCUT2D eigenvalue weighted by Gasteiger charge is 2.51. The zero-order chi connectivity index (χ0) is 28.7. The Hall–Kier alpha value is -3.86. The van der Waals surface area contributed by atoms with Crippen molar-refractivity contribution in [2.24, 2.45) is 16.6 Å². The van der Waals surface area contributed by atoms with Gasteiger partial charge in [0.1, 0.15) is 28.7 Å². The number of aliphatic imine (C=N–C) groups is 1. The summed E-state index contributed by atoms with van der Waals surface area (Å²) < 4.78 is 2.21. The SMILES string of the molecule is CN=CC(=CN)c1cc(C)c2c(c1)c(C(C)=O)nn2CC(=O)N1C2CCC(C2)[C@H]1C(=O)Nc1nc(Br)ccc1C. The van der Waals surface area contributed by atoms with Crippen molar-refractivity contribution in [1.82, 2.24) is 19.7 Å². The summed E-state index contributed by atoms with van der Waals surface area (Å²) in [4.78, 5) is 50.2. The van der Waals surface area contributed by atoms with E-state index in [-0.39, 0.29) is 41.8 Å². The minimum Gasteiger partial charge on any atom is -0.404 e. The van der Waals surface area contributed by atoms with E-state index in [0.29, 0.717) is 26.9 Å². The highest BCUT2D eigenvalue weighted by Crippen LogP contribution is 2.43. The lowest BCUT2D eigenvalue weighted by atomic mass is 9.97. The lowest BCUT2D eigenvalue weighted by molar-refractivity contribution is -0.141. The summed E-state index contributed by atoms with van der Waals surface area (Å²) in [6.45, 7) is 5.17. The highest BCUT2D eigenvalue weighted by molar-refractivity contribution is 9.10. The van der Waals surface area contributed by atoms with E-state index in [2.05, 4.69) is 36.3 Å². The number of aromatic nitrogens is 3. The Bertz CT molecular complexity index is 1590. The van der Waals surface area contributed by atoms with Crippen molar-refractivity contribution in [2.75, 3.05) is 12.4 Å². The van der Waals surface area contributed by atoms with E-state index >= 15 is 0 Å². The van der Waals surface area contributed by atoms with Crippen LogP contribution in [0.2, 0.25) is 0 Å².